The zero-order chi connectivity index (χ0) is 16.3. The predicted molar refractivity (Wildman–Crippen MR) is 72.2 cm³/mol. The number of nitroso groups, excluding NO2 is 1. The van der Waals surface area contributed by atoms with Gasteiger partial charge in [-0.25, -0.2) is 8.42 Å². The summed E-state index contributed by atoms with van der Waals surface area (Å²) in [6.45, 7) is 0.00237. The molecule has 10 heteroatoms. The number of aromatic nitrogens is 2. The number of benzene rings is 1. The monoisotopic (exact) mass is 333 g/mol. The van der Waals surface area contributed by atoms with Crippen molar-refractivity contribution in [2.24, 2.45) is 5.18 Å². The van der Waals surface area contributed by atoms with Gasteiger partial charge in [0.05, 0.1) is 18.5 Å². The van der Waals surface area contributed by atoms with Crippen LogP contribution < -0.4 is 0 Å². The van der Waals surface area contributed by atoms with Crippen LogP contribution in [0.5, 0.6) is 0 Å². The lowest BCUT2D eigenvalue weighted by molar-refractivity contribution is -0.140. The van der Waals surface area contributed by atoms with Gasteiger partial charge in [0.15, 0.2) is 11.4 Å². The number of alkyl halides is 3. The van der Waals surface area contributed by atoms with E-state index in [1.165, 1.54) is 0 Å². The molecule has 118 valence electrons. The minimum Gasteiger partial charge on any atom is -0.265 e. The van der Waals surface area contributed by atoms with E-state index in [0.29, 0.717) is 11.1 Å². The molecule has 0 atom stereocenters. The van der Waals surface area contributed by atoms with Gasteiger partial charge in [-0.05, 0) is 16.3 Å². The largest absolute Gasteiger partial charge is 0.437 e. The SMILES string of the molecule is O=Nc1cn(Cc2ccc(C[SH](=O)=O)cc2)nc1C(F)(F)F. The number of halogens is 3. The zero-order valence-corrected chi connectivity index (χ0v) is 11.8. The summed E-state index contributed by atoms with van der Waals surface area (Å²) >= 11 is 0. The van der Waals surface area contributed by atoms with E-state index >= 15 is 0 Å². The van der Waals surface area contributed by atoms with Crippen LogP contribution >= 0.6 is 0 Å². The second kappa shape index (κ2) is 6.26. The summed E-state index contributed by atoms with van der Waals surface area (Å²) in [4.78, 5) is 10.4. The quantitative estimate of drug-likeness (QED) is 0.673. The van der Waals surface area contributed by atoms with E-state index in [9.17, 15) is 26.5 Å². The van der Waals surface area contributed by atoms with Crippen molar-refractivity contribution < 1.29 is 21.6 Å². The Bertz CT molecular complexity index is 743. The molecule has 0 aliphatic rings. The fourth-order valence-electron chi connectivity index (χ4n) is 1.85. The maximum atomic E-state index is 12.6. The second-order valence-corrected chi connectivity index (χ2v) is 5.44. The summed E-state index contributed by atoms with van der Waals surface area (Å²) in [7, 11) is -2.54. The zero-order valence-electron chi connectivity index (χ0n) is 10.9. The molecule has 0 radical (unpaired) electrons. The molecular formula is C12H10F3N3O3S. The van der Waals surface area contributed by atoms with Gasteiger partial charge in [0.1, 0.15) is 10.7 Å². The first-order chi connectivity index (χ1) is 10.3. The second-order valence-electron chi connectivity index (χ2n) is 4.46. The Morgan fingerprint density at radius 2 is 1.73 bits per heavy atom. The fraction of sp³-hybridized carbons (Fsp3) is 0.250. The molecule has 0 unspecified atom stereocenters. The van der Waals surface area contributed by atoms with Gasteiger partial charge in [0.25, 0.3) is 0 Å². The van der Waals surface area contributed by atoms with Crippen LogP contribution in [0.25, 0.3) is 0 Å². The fourth-order valence-corrected chi connectivity index (χ4v) is 2.36. The van der Waals surface area contributed by atoms with Crippen molar-refractivity contribution >= 4 is 16.4 Å². The molecule has 2 rings (SSSR count). The number of nitrogens with zero attached hydrogens (tertiary/aromatic N) is 3. The summed E-state index contributed by atoms with van der Waals surface area (Å²) in [5, 5.41) is 5.64. The van der Waals surface area contributed by atoms with Crippen molar-refractivity contribution in [1.29, 1.82) is 0 Å². The minimum absolute atomic E-state index is 0.00237. The number of hydrogen-bond acceptors (Lipinski definition) is 5. The Kier molecular flexibility index (Phi) is 4.59. The van der Waals surface area contributed by atoms with Gasteiger partial charge in [-0.15, -0.1) is 4.91 Å². The van der Waals surface area contributed by atoms with Crippen LogP contribution in [0.15, 0.2) is 35.6 Å². The van der Waals surface area contributed by atoms with Crippen molar-refractivity contribution in [1.82, 2.24) is 9.78 Å². The standard InChI is InChI=1S/C12H10F3N3O3S/c13-12(14,15)11-10(17-19)6-18(16-11)5-8-1-3-9(4-2-8)7-22(20)21/h1-4,6,22H,5,7H2. The molecule has 0 N–H and O–H groups in total. The van der Waals surface area contributed by atoms with E-state index < -0.39 is 28.3 Å². The summed E-state index contributed by atoms with van der Waals surface area (Å²) in [5.41, 5.74) is -0.917. The summed E-state index contributed by atoms with van der Waals surface area (Å²) in [5.74, 6) is -0.102. The molecule has 0 aliphatic heterocycles. The highest BCUT2D eigenvalue weighted by Crippen LogP contribution is 2.34. The Hall–Kier alpha value is -2.23. The average molecular weight is 333 g/mol. The third-order valence-electron chi connectivity index (χ3n) is 2.79. The molecule has 1 aromatic carbocycles. The molecule has 0 aliphatic carbocycles. The van der Waals surface area contributed by atoms with Gasteiger partial charge in [-0.3, -0.25) is 4.68 Å². The highest BCUT2D eigenvalue weighted by atomic mass is 32.2. The number of rotatable bonds is 5. The van der Waals surface area contributed by atoms with Gasteiger partial charge in [-0.1, -0.05) is 24.3 Å². The lowest BCUT2D eigenvalue weighted by Crippen LogP contribution is -2.08. The van der Waals surface area contributed by atoms with E-state index in [1.807, 2.05) is 0 Å². The highest BCUT2D eigenvalue weighted by molar-refractivity contribution is 7.71. The van der Waals surface area contributed by atoms with Crippen LogP contribution in [-0.4, -0.2) is 18.2 Å². The third kappa shape index (κ3) is 3.91. The average Bonchev–Trinajstić information content (AvgIpc) is 2.83. The van der Waals surface area contributed by atoms with Crippen molar-refractivity contribution in [3.05, 3.63) is 52.2 Å². The molecule has 22 heavy (non-hydrogen) atoms. The van der Waals surface area contributed by atoms with Crippen LogP contribution in [0.3, 0.4) is 0 Å². The predicted octanol–water partition coefficient (Wildman–Crippen LogP) is 2.46. The molecule has 2 aromatic rings. The van der Waals surface area contributed by atoms with Gasteiger partial charge < -0.3 is 0 Å². The smallest absolute Gasteiger partial charge is 0.265 e. The van der Waals surface area contributed by atoms with Gasteiger partial charge in [0, 0.05) is 0 Å². The molecule has 6 nitrogen and oxygen atoms in total. The van der Waals surface area contributed by atoms with Crippen LogP contribution in [0.1, 0.15) is 16.8 Å². The van der Waals surface area contributed by atoms with Crippen molar-refractivity contribution in [2.75, 3.05) is 0 Å². The molecular weight excluding hydrogens is 323 g/mol. The van der Waals surface area contributed by atoms with Crippen molar-refractivity contribution in [2.45, 2.75) is 18.5 Å². The molecule has 0 amide bonds. The van der Waals surface area contributed by atoms with E-state index in [-0.39, 0.29) is 12.3 Å². The summed E-state index contributed by atoms with van der Waals surface area (Å²) in [6.07, 6.45) is -3.84. The Morgan fingerprint density at radius 1 is 1.14 bits per heavy atom. The van der Waals surface area contributed by atoms with Gasteiger partial charge in [0.2, 0.25) is 0 Å². The van der Waals surface area contributed by atoms with Crippen LogP contribution in [0, 0.1) is 4.91 Å². The molecule has 0 saturated carbocycles. The Morgan fingerprint density at radius 3 is 2.18 bits per heavy atom. The van der Waals surface area contributed by atoms with Crippen LogP contribution in [0.4, 0.5) is 18.9 Å². The maximum Gasteiger partial charge on any atom is 0.437 e. The Balaban J connectivity index is 2.20. The van der Waals surface area contributed by atoms with Crippen molar-refractivity contribution in [3.63, 3.8) is 0 Å². The molecule has 1 heterocycles. The van der Waals surface area contributed by atoms with Crippen molar-refractivity contribution in [3.8, 4) is 0 Å². The van der Waals surface area contributed by atoms with Crippen LogP contribution in [-0.2, 0) is 29.2 Å². The Labute approximate surface area is 124 Å². The first kappa shape index (κ1) is 16.1. The normalized spacial score (nSPS) is 11.8. The molecule has 0 spiro atoms. The highest BCUT2D eigenvalue weighted by Gasteiger charge is 2.38. The van der Waals surface area contributed by atoms with E-state index in [4.69, 9.17) is 0 Å². The first-order valence-electron chi connectivity index (χ1n) is 5.97. The maximum absolute atomic E-state index is 12.6. The van der Waals surface area contributed by atoms with Gasteiger partial charge in [-0.2, -0.15) is 18.3 Å². The summed E-state index contributed by atoms with van der Waals surface area (Å²) in [6, 6.07) is 6.29. The minimum atomic E-state index is -4.75. The van der Waals surface area contributed by atoms with E-state index in [1.54, 1.807) is 24.3 Å². The number of thiol groups is 1. The third-order valence-corrected chi connectivity index (χ3v) is 3.41. The van der Waals surface area contributed by atoms with E-state index in [2.05, 4.69) is 10.3 Å². The van der Waals surface area contributed by atoms with E-state index in [0.717, 1.165) is 10.9 Å². The topological polar surface area (TPSA) is 81.4 Å². The molecule has 1 aromatic heterocycles. The molecule has 0 bridgehead atoms. The number of hydrogen-bond donors (Lipinski definition) is 1. The molecule has 0 saturated heterocycles. The summed E-state index contributed by atoms with van der Waals surface area (Å²) < 4.78 is 60.0. The van der Waals surface area contributed by atoms with Gasteiger partial charge >= 0.3 is 6.18 Å². The lowest BCUT2D eigenvalue weighted by Gasteiger charge is -2.04. The van der Waals surface area contributed by atoms with Crippen LogP contribution in [0.2, 0.25) is 0 Å². The lowest BCUT2D eigenvalue weighted by atomic mass is 10.1. The molecule has 0 fully saturated rings. The first-order valence-corrected chi connectivity index (χ1v) is 7.33.